The molecule has 0 saturated heterocycles. The van der Waals surface area contributed by atoms with E-state index in [1.54, 1.807) is 6.92 Å². The smallest absolute Gasteiger partial charge is 0.323 e. The summed E-state index contributed by atoms with van der Waals surface area (Å²) >= 11 is 0. The van der Waals surface area contributed by atoms with Crippen molar-refractivity contribution in [2.75, 3.05) is 33.3 Å². The van der Waals surface area contributed by atoms with Crippen LogP contribution in [0.3, 0.4) is 0 Å². The predicted molar refractivity (Wildman–Crippen MR) is 68.7 cm³/mol. The van der Waals surface area contributed by atoms with Crippen molar-refractivity contribution in [3.8, 4) is 0 Å². The van der Waals surface area contributed by atoms with Crippen LogP contribution in [-0.2, 0) is 14.3 Å². The number of carbonyl (C=O) groups is 3. The summed E-state index contributed by atoms with van der Waals surface area (Å²) in [5, 5.41) is 8.71. The maximum atomic E-state index is 11.9. The van der Waals surface area contributed by atoms with Gasteiger partial charge in [-0.25, -0.2) is 4.79 Å². The Bertz CT molecular complexity index is 343. The molecule has 0 unspecified atom stereocenters. The maximum Gasteiger partial charge on any atom is 0.323 e. The van der Waals surface area contributed by atoms with Crippen LogP contribution >= 0.6 is 0 Å². The van der Waals surface area contributed by atoms with E-state index in [2.05, 4.69) is 6.58 Å². The van der Waals surface area contributed by atoms with Gasteiger partial charge in [-0.1, -0.05) is 6.08 Å². The van der Waals surface area contributed by atoms with Gasteiger partial charge < -0.3 is 19.6 Å². The number of nitrogens with zero attached hydrogens (tertiary/aromatic N) is 2. The second kappa shape index (κ2) is 8.96. The summed E-state index contributed by atoms with van der Waals surface area (Å²) in [6.07, 6.45) is 1.52. The fraction of sp³-hybridized carbons (Fsp3) is 0.583. The van der Waals surface area contributed by atoms with E-state index in [0.29, 0.717) is 0 Å². The van der Waals surface area contributed by atoms with Crippen LogP contribution in [0.2, 0.25) is 0 Å². The number of carbonyl (C=O) groups excluding carboxylic acids is 2. The predicted octanol–water partition coefficient (Wildman–Crippen LogP) is 0.564. The van der Waals surface area contributed by atoms with Crippen LogP contribution in [0, 0.1) is 0 Å². The second-order valence-electron chi connectivity index (χ2n) is 3.82. The Kier molecular flexibility index (Phi) is 7.99. The van der Waals surface area contributed by atoms with E-state index in [-0.39, 0.29) is 26.1 Å². The molecule has 0 bridgehead atoms. The van der Waals surface area contributed by atoms with Gasteiger partial charge in [0.2, 0.25) is 0 Å². The van der Waals surface area contributed by atoms with E-state index in [1.165, 1.54) is 18.0 Å². The summed E-state index contributed by atoms with van der Waals surface area (Å²) in [5.41, 5.74) is 0. The molecule has 0 aliphatic rings. The highest BCUT2D eigenvalue weighted by Crippen LogP contribution is 2.00. The first kappa shape index (κ1) is 16.9. The lowest BCUT2D eigenvalue weighted by Crippen LogP contribution is -2.44. The lowest BCUT2D eigenvalue weighted by molar-refractivity contribution is -0.143. The third-order valence-electron chi connectivity index (χ3n) is 2.23. The number of urea groups is 1. The molecule has 0 aromatic carbocycles. The first-order valence-electron chi connectivity index (χ1n) is 5.90. The number of amides is 2. The molecule has 0 aromatic rings. The minimum absolute atomic E-state index is 0.0745. The van der Waals surface area contributed by atoms with Gasteiger partial charge in [-0.15, -0.1) is 6.58 Å². The summed E-state index contributed by atoms with van der Waals surface area (Å²) in [6.45, 7) is 5.36. The normalized spacial score (nSPS) is 9.58. The molecule has 0 atom stereocenters. The minimum Gasteiger partial charge on any atom is -0.480 e. The zero-order valence-corrected chi connectivity index (χ0v) is 11.3. The molecular weight excluding hydrogens is 252 g/mol. The number of ether oxygens (including phenoxy) is 1. The molecule has 0 fully saturated rings. The summed E-state index contributed by atoms with van der Waals surface area (Å²) in [6, 6.07) is -0.466. The van der Waals surface area contributed by atoms with Crippen LogP contribution < -0.4 is 0 Å². The quantitative estimate of drug-likeness (QED) is 0.515. The maximum absolute atomic E-state index is 11.9. The van der Waals surface area contributed by atoms with Gasteiger partial charge >= 0.3 is 18.0 Å². The standard InChI is InChI=1S/C12H20N2O5/c1-4-7-14(9-10(15)16)12(18)13(3)8-6-11(17)19-5-2/h4H,1,5-9H2,2-3H3,(H,15,16). The summed E-state index contributed by atoms with van der Waals surface area (Å²) in [7, 11) is 1.50. The molecule has 1 N–H and O–H groups in total. The largest absolute Gasteiger partial charge is 0.480 e. The molecule has 0 spiro atoms. The van der Waals surface area contributed by atoms with Crippen LogP contribution in [0.1, 0.15) is 13.3 Å². The average Bonchev–Trinajstić information content (AvgIpc) is 2.34. The van der Waals surface area contributed by atoms with E-state index in [1.807, 2.05) is 0 Å². The van der Waals surface area contributed by atoms with Crippen molar-refractivity contribution in [3.05, 3.63) is 12.7 Å². The minimum atomic E-state index is -1.10. The Morgan fingerprint density at radius 1 is 1.37 bits per heavy atom. The van der Waals surface area contributed by atoms with Crippen molar-refractivity contribution in [3.63, 3.8) is 0 Å². The molecule has 0 radical (unpaired) electrons. The molecule has 7 heteroatoms. The Morgan fingerprint density at radius 3 is 2.47 bits per heavy atom. The average molecular weight is 272 g/mol. The highest BCUT2D eigenvalue weighted by Gasteiger charge is 2.19. The molecule has 0 rings (SSSR count). The molecule has 108 valence electrons. The lowest BCUT2D eigenvalue weighted by Gasteiger charge is -2.25. The van der Waals surface area contributed by atoms with Crippen molar-refractivity contribution in [2.45, 2.75) is 13.3 Å². The van der Waals surface area contributed by atoms with E-state index in [9.17, 15) is 14.4 Å². The molecule has 0 saturated carbocycles. The van der Waals surface area contributed by atoms with Gasteiger partial charge in [0.15, 0.2) is 0 Å². The molecule has 0 aliphatic heterocycles. The fourth-order valence-corrected chi connectivity index (χ4v) is 1.36. The van der Waals surface area contributed by atoms with E-state index >= 15 is 0 Å². The summed E-state index contributed by atoms with van der Waals surface area (Å²) < 4.78 is 4.74. The Balaban J connectivity index is 4.36. The van der Waals surface area contributed by atoms with Crippen LogP contribution in [0.25, 0.3) is 0 Å². The van der Waals surface area contributed by atoms with Gasteiger partial charge in [0.05, 0.1) is 13.0 Å². The molecular formula is C12H20N2O5. The Hall–Kier alpha value is -2.05. The van der Waals surface area contributed by atoms with E-state index in [4.69, 9.17) is 9.84 Å². The van der Waals surface area contributed by atoms with Crippen molar-refractivity contribution in [1.82, 2.24) is 9.80 Å². The number of carboxylic acids is 1. The van der Waals surface area contributed by atoms with Gasteiger partial charge in [0.1, 0.15) is 6.54 Å². The number of hydrogen-bond acceptors (Lipinski definition) is 4. The van der Waals surface area contributed by atoms with Gasteiger partial charge in [0.25, 0.3) is 0 Å². The first-order valence-corrected chi connectivity index (χ1v) is 5.90. The van der Waals surface area contributed by atoms with Crippen LogP contribution in [0.5, 0.6) is 0 Å². The van der Waals surface area contributed by atoms with Crippen LogP contribution in [-0.4, -0.2) is 66.2 Å². The monoisotopic (exact) mass is 272 g/mol. The molecule has 7 nitrogen and oxygen atoms in total. The number of carboxylic acid groups (broad SMARTS) is 1. The van der Waals surface area contributed by atoms with Gasteiger partial charge in [-0.05, 0) is 6.92 Å². The van der Waals surface area contributed by atoms with Gasteiger partial charge in [-0.2, -0.15) is 0 Å². The fourth-order valence-electron chi connectivity index (χ4n) is 1.36. The Labute approximate surface area is 112 Å². The summed E-state index contributed by atoms with van der Waals surface area (Å²) in [5.74, 6) is -1.50. The highest BCUT2D eigenvalue weighted by molar-refractivity contribution is 5.80. The second-order valence-corrected chi connectivity index (χ2v) is 3.82. The Morgan fingerprint density at radius 2 is 2.00 bits per heavy atom. The van der Waals surface area contributed by atoms with Gasteiger partial charge in [-0.3, -0.25) is 9.59 Å². The number of aliphatic carboxylic acids is 1. The van der Waals surface area contributed by atoms with Crippen molar-refractivity contribution >= 4 is 18.0 Å². The van der Waals surface area contributed by atoms with Gasteiger partial charge in [0, 0.05) is 20.1 Å². The zero-order valence-electron chi connectivity index (χ0n) is 11.3. The molecule has 0 aliphatic carbocycles. The third kappa shape index (κ3) is 7.07. The molecule has 0 heterocycles. The SMILES string of the molecule is C=CCN(CC(=O)O)C(=O)N(C)CCC(=O)OCC. The third-order valence-corrected chi connectivity index (χ3v) is 2.23. The van der Waals surface area contributed by atoms with Crippen molar-refractivity contribution in [1.29, 1.82) is 0 Å². The van der Waals surface area contributed by atoms with Crippen molar-refractivity contribution in [2.24, 2.45) is 0 Å². The highest BCUT2D eigenvalue weighted by atomic mass is 16.5. The van der Waals surface area contributed by atoms with E-state index in [0.717, 1.165) is 4.90 Å². The van der Waals surface area contributed by atoms with Crippen LogP contribution in [0.15, 0.2) is 12.7 Å². The molecule has 2 amide bonds. The zero-order chi connectivity index (χ0) is 14.8. The molecule has 0 aromatic heterocycles. The van der Waals surface area contributed by atoms with Crippen molar-refractivity contribution < 1.29 is 24.2 Å². The first-order chi connectivity index (χ1) is 8.92. The number of rotatable bonds is 8. The topological polar surface area (TPSA) is 87.2 Å². The van der Waals surface area contributed by atoms with Crippen LogP contribution in [0.4, 0.5) is 4.79 Å². The molecule has 19 heavy (non-hydrogen) atoms. The lowest BCUT2D eigenvalue weighted by atomic mass is 10.4. The number of hydrogen-bond donors (Lipinski definition) is 1. The number of esters is 1. The summed E-state index contributed by atoms with van der Waals surface area (Å²) in [4.78, 5) is 36.1. The van der Waals surface area contributed by atoms with E-state index < -0.39 is 24.5 Å².